The van der Waals surface area contributed by atoms with Gasteiger partial charge >= 0.3 is 0 Å². The first-order valence-corrected chi connectivity index (χ1v) is 6.79. The standard InChI is InChI=1S/C13H22N4O/c1-2-5-15-12-4-3-7-17(13(12)18)10-9-16-8-6-14-11-16/h6,8,11-12,15H,2-5,7,9-10H2,1H3. The molecular formula is C13H22N4O. The van der Waals surface area contributed by atoms with Gasteiger partial charge in [-0.25, -0.2) is 4.98 Å². The summed E-state index contributed by atoms with van der Waals surface area (Å²) in [5, 5.41) is 3.33. The summed E-state index contributed by atoms with van der Waals surface area (Å²) in [5.41, 5.74) is 0. The molecule has 1 aromatic rings. The van der Waals surface area contributed by atoms with Crippen LogP contribution in [0, 0.1) is 0 Å². The third-order valence-electron chi connectivity index (χ3n) is 3.36. The smallest absolute Gasteiger partial charge is 0.239 e. The van der Waals surface area contributed by atoms with Crippen LogP contribution < -0.4 is 5.32 Å². The number of nitrogens with one attached hydrogen (secondary N) is 1. The van der Waals surface area contributed by atoms with E-state index < -0.39 is 0 Å². The van der Waals surface area contributed by atoms with Gasteiger partial charge in [-0.05, 0) is 25.8 Å². The zero-order valence-electron chi connectivity index (χ0n) is 11.0. The van der Waals surface area contributed by atoms with E-state index in [-0.39, 0.29) is 11.9 Å². The van der Waals surface area contributed by atoms with Crippen LogP contribution in [0.3, 0.4) is 0 Å². The second kappa shape index (κ2) is 6.54. The quantitative estimate of drug-likeness (QED) is 0.815. The first kappa shape index (κ1) is 13.1. The molecule has 1 N–H and O–H groups in total. The van der Waals surface area contributed by atoms with Gasteiger partial charge < -0.3 is 14.8 Å². The fourth-order valence-electron chi connectivity index (χ4n) is 2.33. The minimum absolute atomic E-state index is 0.0292. The first-order valence-electron chi connectivity index (χ1n) is 6.79. The van der Waals surface area contributed by atoms with Gasteiger partial charge in [0.05, 0.1) is 12.4 Å². The van der Waals surface area contributed by atoms with E-state index in [0.717, 1.165) is 45.4 Å². The van der Waals surface area contributed by atoms with E-state index in [1.165, 1.54) is 0 Å². The molecule has 5 nitrogen and oxygen atoms in total. The maximum absolute atomic E-state index is 12.2. The molecule has 1 unspecified atom stereocenters. The highest BCUT2D eigenvalue weighted by molar-refractivity contribution is 5.82. The number of carbonyl (C=O) groups excluding carboxylic acids is 1. The van der Waals surface area contributed by atoms with Crippen LogP contribution in [-0.4, -0.2) is 46.0 Å². The number of likely N-dealkylation sites (tertiary alicyclic amines) is 1. The lowest BCUT2D eigenvalue weighted by atomic mass is 10.0. The van der Waals surface area contributed by atoms with Crippen molar-refractivity contribution in [1.82, 2.24) is 19.8 Å². The second-order valence-corrected chi connectivity index (χ2v) is 4.77. The highest BCUT2D eigenvalue weighted by Crippen LogP contribution is 2.11. The Kier molecular flexibility index (Phi) is 4.75. The number of amides is 1. The van der Waals surface area contributed by atoms with E-state index in [1.54, 1.807) is 12.5 Å². The molecule has 1 amide bonds. The van der Waals surface area contributed by atoms with Gasteiger partial charge in [0.15, 0.2) is 0 Å². The zero-order chi connectivity index (χ0) is 12.8. The monoisotopic (exact) mass is 250 g/mol. The minimum Gasteiger partial charge on any atom is -0.340 e. The predicted molar refractivity (Wildman–Crippen MR) is 70.1 cm³/mol. The van der Waals surface area contributed by atoms with Crippen molar-refractivity contribution in [2.45, 2.75) is 38.8 Å². The third kappa shape index (κ3) is 3.32. The lowest BCUT2D eigenvalue weighted by Gasteiger charge is -2.32. The summed E-state index contributed by atoms with van der Waals surface area (Å²) in [7, 11) is 0. The van der Waals surface area contributed by atoms with Crippen molar-refractivity contribution < 1.29 is 4.79 Å². The molecule has 0 saturated carbocycles. The fraction of sp³-hybridized carbons (Fsp3) is 0.692. The number of carbonyl (C=O) groups is 1. The maximum Gasteiger partial charge on any atom is 0.239 e. The average Bonchev–Trinajstić information content (AvgIpc) is 2.89. The van der Waals surface area contributed by atoms with Crippen molar-refractivity contribution in [3.05, 3.63) is 18.7 Å². The molecule has 1 aliphatic heterocycles. The number of imidazole rings is 1. The van der Waals surface area contributed by atoms with Crippen LogP contribution in [-0.2, 0) is 11.3 Å². The lowest BCUT2D eigenvalue weighted by Crippen LogP contribution is -2.51. The third-order valence-corrected chi connectivity index (χ3v) is 3.36. The van der Waals surface area contributed by atoms with Crippen LogP contribution in [0.5, 0.6) is 0 Å². The van der Waals surface area contributed by atoms with Gasteiger partial charge in [0.25, 0.3) is 0 Å². The van der Waals surface area contributed by atoms with Crippen LogP contribution in [0.4, 0.5) is 0 Å². The highest BCUT2D eigenvalue weighted by Gasteiger charge is 2.27. The summed E-state index contributed by atoms with van der Waals surface area (Å²) < 4.78 is 2.01. The molecule has 1 atom stereocenters. The molecule has 0 radical (unpaired) electrons. The Balaban J connectivity index is 1.82. The molecule has 100 valence electrons. The number of aromatic nitrogens is 2. The number of rotatable bonds is 6. The molecule has 1 fully saturated rings. The Labute approximate surface area is 108 Å². The number of hydrogen-bond acceptors (Lipinski definition) is 3. The Morgan fingerprint density at radius 2 is 2.39 bits per heavy atom. The topological polar surface area (TPSA) is 50.2 Å². The van der Waals surface area contributed by atoms with Crippen LogP contribution >= 0.6 is 0 Å². The molecule has 0 bridgehead atoms. The molecular weight excluding hydrogens is 228 g/mol. The Morgan fingerprint density at radius 1 is 1.50 bits per heavy atom. The van der Waals surface area contributed by atoms with Crippen molar-refractivity contribution in [2.24, 2.45) is 0 Å². The molecule has 1 saturated heterocycles. The minimum atomic E-state index is 0.0292. The Morgan fingerprint density at radius 3 is 3.11 bits per heavy atom. The normalized spacial score (nSPS) is 20.4. The molecule has 2 rings (SSSR count). The van der Waals surface area contributed by atoms with E-state index in [0.29, 0.717) is 0 Å². The van der Waals surface area contributed by atoms with Crippen LogP contribution in [0.25, 0.3) is 0 Å². The van der Waals surface area contributed by atoms with E-state index in [9.17, 15) is 4.79 Å². The van der Waals surface area contributed by atoms with Gasteiger partial charge in [-0.15, -0.1) is 0 Å². The van der Waals surface area contributed by atoms with E-state index in [4.69, 9.17) is 0 Å². The molecule has 0 aromatic carbocycles. The van der Waals surface area contributed by atoms with Gasteiger partial charge in [-0.3, -0.25) is 4.79 Å². The van der Waals surface area contributed by atoms with Gasteiger partial charge in [0.2, 0.25) is 5.91 Å². The van der Waals surface area contributed by atoms with Gasteiger partial charge in [-0.1, -0.05) is 6.92 Å². The van der Waals surface area contributed by atoms with E-state index in [1.807, 2.05) is 15.7 Å². The van der Waals surface area contributed by atoms with Crippen LogP contribution in [0.15, 0.2) is 18.7 Å². The van der Waals surface area contributed by atoms with Crippen molar-refractivity contribution in [3.8, 4) is 0 Å². The SMILES string of the molecule is CCCNC1CCCN(CCn2ccnc2)C1=O. The largest absolute Gasteiger partial charge is 0.340 e. The van der Waals surface area contributed by atoms with Crippen LogP contribution in [0.1, 0.15) is 26.2 Å². The first-order chi connectivity index (χ1) is 8.81. The van der Waals surface area contributed by atoms with Crippen molar-refractivity contribution in [1.29, 1.82) is 0 Å². The summed E-state index contributed by atoms with van der Waals surface area (Å²) >= 11 is 0. The summed E-state index contributed by atoms with van der Waals surface area (Å²) in [6.45, 7) is 5.53. The zero-order valence-corrected chi connectivity index (χ0v) is 11.0. The molecule has 1 aliphatic rings. The molecule has 5 heteroatoms. The molecule has 0 aliphatic carbocycles. The summed E-state index contributed by atoms with van der Waals surface area (Å²) in [5.74, 6) is 0.259. The van der Waals surface area contributed by atoms with E-state index in [2.05, 4.69) is 17.2 Å². The fourth-order valence-corrected chi connectivity index (χ4v) is 2.33. The van der Waals surface area contributed by atoms with Gasteiger partial charge in [-0.2, -0.15) is 0 Å². The number of hydrogen-bond donors (Lipinski definition) is 1. The summed E-state index contributed by atoms with van der Waals surface area (Å²) in [4.78, 5) is 18.2. The Bertz CT molecular complexity index is 363. The van der Waals surface area contributed by atoms with Gasteiger partial charge in [0.1, 0.15) is 0 Å². The van der Waals surface area contributed by atoms with E-state index >= 15 is 0 Å². The molecule has 18 heavy (non-hydrogen) atoms. The van der Waals surface area contributed by atoms with Crippen molar-refractivity contribution in [3.63, 3.8) is 0 Å². The van der Waals surface area contributed by atoms with Crippen molar-refractivity contribution >= 4 is 5.91 Å². The molecule has 0 spiro atoms. The summed E-state index contributed by atoms with van der Waals surface area (Å²) in [6.07, 6.45) is 8.63. The Hall–Kier alpha value is -1.36. The van der Waals surface area contributed by atoms with Gasteiger partial charge in [0, 0.05) is 32.0 Å². The number of nitrogens with zero attached hydrogens (tertiary/aromatic N) is 3. The lowest BCUT2D eigenvalue weighted by molar-refractivity contribution is -0.136. The second-order valence-electron chi connectivity index (χ2n) is 4.77. The van der Waals surface area contributed by atoms with Crippen molar-refractivity contribution in [2.75, 3.05) is 19.6 Å². The molecule has 2 heterocycles. The average molecular weight is 250 g/mol. The molecule has 1 aromatic heterocycles. The number of piperidine rings is 1. The highest BCUT2D eigenvalue weighted by atomic mass is 16.2. The predicted octanol–water partition coefficient (Wildman–Crippen LogP) is 0.874. The maximum atomic E-state index is 12.2. The van der Waals surface area contributed by atoms with Crippen LogP contribution in [0.2, 0.25) is 0 Å². The summed E-state index contributed by atoms with van der Waals surface area (Å²) in [6, 6.07) is 0.0292.